The molecular weight excluding hydrogens is 432 g/mol. The molecule has 3 rings (SSSR count). The van der Waals surface area contributed by atoms with Crippen LogP contribution in [0.3, 0.4) is 0 Å². The third-order valence-corrected chi connectivity index (χ3v) is 4.82. The number of nitrogens with one attached hydrogen (secondary N) is 3. The van der Waals surface area contributed by atoms with E-state index in [1.54, 1.807) is 24.3 Å². The van der Waals surface area contributed by atoms with Crippen LogP contribution in [0.15, 0.2) is 77.9 Å². The molecule has 3 aromatic rings. The largest absolute Gasteiger partial charge is 0.483 e. The molecule has 0 saturated carbocycles. The summed E-state index contributed by atoms with van der Waals surface area (Å²) in [4.78, 5) is 36.2. The minimum atomic E-state index is -0.890. The monoisotopic (exact) mass is 458 g/mol. The molecule has 0 atom stereocenters. The lowest BCUT2D eigenvalue weighted by Gasteiger charge is -2.11. The fourth-order valence-electron chi connectivity index (χ4n) is 2.99. The Morgan fingerprint density at radius 2 is 1.65 bits per heavy atom. The van der Waals surface area contributed by atoms with E-state index in [0.717, 1.165) is 22.4 Å². The van der Waals surface area contributed by atoms with Gasteiger partial charge in [0.15, 0.2) is 6.61 Å². The number of hydrazone groups is 1. The topological polar surface area (TPSA) is 109 Å². The van der Waals surface area contributed by atoms with Crippen LogP contribution in [0, 0.1) is 13.8 Å². The van der Waals surface area contributed by atoms with Crippen molar-refractivity contribution in [2.24, 2.45) is 5.10 Å². The van der Waals surface area contributed by atoms with Gasteiger partial charge in [-0.3, -0.25) is 14.4 Å². The summed E-state index contributed by atoms with van der Waals surface area (Å²) in [6.45, 7) is 3.90. The number of aryl methyl sites for hydroxylation is 2. The standard InChI is InChI=1S/C26H26N4O4/c1-18-12-13-19(2)22(14-18)29-24(31)17-34-23-11-7-6-10-21(23)16-28-30-26(33)25(32)27-15-20-8-4-3-5-9-20/h3-14,16H,15,17H2,1-2H3,(H,27,32)(H,29,31)(H,30,33)/b28-16-. The second-order valence-corrected chi connectivity index (χ2v) is 7.56. The molecule has 0 radical (unpaired) electrons. The van der Waals surface area contributed by atoms with Crippen molar-refractivity contribution in [3.8, 4) is 5.75 Å². The Balaban J connectivity index is 1.51. The first-order valence-electron chi connectivity index (χ1n) is 10.7. The minimum Gasteiger partial charge on any atom is -0.483 e. The van der Waals surface area contributed by atoms with Crippen molar-refractivity contribution in [1.82, 2.24) is 10.7 Å². The van der Waals surface area contributed by atoms with Gasteiger partial charge < -0.3 is 15.4 Å². The minimum absolute atomic E-state index is 0.202. The number of carbonyl (C=O) groups excluding carboxylic acids is 3. The molecule has 0 aromatic heterocycles. The highest BCUT2D eigenvalue weighted by molar-refractivity contribution is 6.35. The molecule has 3 amide bonds. The van der Waals surface area contributed by atoms with Crippen molar-refractivity contribution in [1.29, 1.82) is 0 Å². The van der Waals surface area contributed by atoms with E-state index >= 15 is 0 Å². The van der Waals surface area contributed by atoms with E-state index < -0.39 is 11.8 Å². The maximum Gasteiger partial charge on any atom is 0.329 e. The van der Waals surface area contributed by atoms with Crippen LogP contribution in [0.4, 0.5) is 5.69 Å². The maximum atomic E-state index is 12.3. The van der Waals surface area contributed by atoms with Crippen molar-refractivity contribution in [3.05, 3.63) is 95.1 Å². The fraction of sp³-hybridized carbons (Fsp3) is 0.154. The van der Waals surface area contributed by atoms with Crippen LogP contribution < -0.4 is 20.8 Å². The van der Waals surface area contributed by atoms with Crippen LogP contribution in [0.1, 0.15) is 22.3 Å². The molecule has 34 heavy (non-hydrogen) atoms. The molecule has 174 valence electrons. The third-order valence-electron chi connectivity index (χ3n) is 4.82. The average molecular weight is 459 g/mol. The first-order chi connectivity index (χ1) is 16.4. The van der Waals surface area contributed by atoms with E-state index in [1.165, 1.54) is 6.21 Å². The number of hydrogen-bond acceptors (Lipinski definition) is 5. The predicted molar refractivity (Wildman–Crippen MR) is 131 cm³/mol. The summed E-state index contributed by atoms with van der Waals surface area (Å²) in [6, 6.07) is 22.0. The molecule has 0 heterocycles. The summed E-state index contributed by atoms with van der Waals surface area (Å²) < 4.78 is 5.64. The number of para-hydroxylation sites is 1. The molecule has 0 saturated heterocycles. The molecule has 0 aliphatic heterocycles. The first kappa shape index (κ1) is 24.2. The summed E-state index contributed by atoms with van der Waals surface area (Å²) in [5, 5.41) is 9.19. The van der Waals surface area contributed by atoms with Crippen molar-refractivity contribution < 1.29 is 19.1 Å². The van der Waals surface area contributed by atoms with Gasteiger partial charge >= 0.3 is 11.8 Å². The number of nitrogens with zero attached hydrogens (tertiary/aromatic N) is 1. The molecule has 0 aliphatic carbocycles. The molecule has 0 bridgehead atoms. The lowest BCUT2D eigenvalue weighted by atomic mass is 10.1. The van der Waals surface area contributed by atoms with Gasteiger partial charge in [-0.25, -0.2) is 5.43 Å². The molecule has 3 N–H and O–H groups in total. The number of anilines is 1. The molecule has 8 heteroatoms. The van der Waals surface area contributed by atoms with E-state index in [2.05, 4.69) is 21.2 Å². The maximum absolute atomic E-state index is 12.3. The van der Waals surface area contributed by atoms with Crippen molar-refractivity contribution >= 4 is 29.6 Å². The lowest BCUT2D eigenvalue weighted by Crippen LogP contribution is -2.37. The number of rotatable bonds is 8. The SMILES string of the molecule is Cc1ccc(C)c(NC(=O)COc2ccccc2/C=N\NC(=O)C(=O)NCc2ccccc2)c1. The highest BCUT2D eigenvalue weighted by Gasteiger charge is 2.12. The summed E-state index contributed by atoms with van der Waals surface area (Å²) in [5.41, 5.74) is 6.32. The van der Waals surface area contributed by atoms with Crippen LogP contribution in [-0.2, 0) is 20.9 Å². The summed E-state index contributed by atoms with van der Waals surface area (Å²) in [7, 11) is 0. The Bertz CT molecular complexity index is 1190. The van der Waals surface area contributed by atoms with Crippen molar-refractivity contribution in [3.63, 3.8) is 0 Å². The Kier molecular flexibility index (Phi) is 8.51. The fourth-order valence-corrected chi connectivity index (χ4v) is 2.99. The molecular formula is C26H26N4O4. The number of benzene rings is 3. The quantitative estimate of drug-likeness (QED) is 0.274. The molecule has 3 aromatic carbocycles. The highest BCUT2D eigenvalue weighted by Crippen LogP contribution is 2.18. The molecule has 0 unspecified atom stereocenters. The van der Waals surface area contributed by atoms with E-state index in [9.17, 15) is 14.4 Å². The highest BCUT2D eigenvalue weighted by atomic mass is 16.5. The van der Waals surface area contributed by atoms with Gasteiger partial charge in [-0.2, -0.15) is 5.10 Å². The lowest BCUT2D eigenvalue weighted by molar-refractivity contribution is -0.139. The zero-order valence-electron chi connectivity index (χ0n) is 19.0. The first-order valence-corrected chi connectivity index (χ1v) is 10.7. The Morgan fingerprint density at radius 1 is 0.912 bits per heavy atom. The van der Waals surface area contributed by atoms with Crippen LogP contribution >= 0.6 is 0 Å². The average Bonchev–Trinajstić information content (AvgIpc) is 2.84. The smallest absolute Gasteiger partial charge is 0.329 e. The molecule has 8 nitrogen and oxygen atoms in total. The van der Waals surface area contributed by atoms with Crippen LogP contribution in [-0.4, -0.2) is 30.5 Å². The normalized spacial score (nSPS) is 10.5. The predicted octanol–water partition coefficient (Wildman–Crippen LogP) is 3.09. The number of hydrogen-bond donors (Lipinski definition) is 3. The zero-order valence-corrected chi connectivity index (χ0v) is 19.0. The molecule has 0 spiro atoms. The van der Waals surface area contributed by atoms with Gasteiger partial charge in [-0.1, -0.05) is 54.6 Å². The summed E-state index contributed by atoms with van der Waals surface area (Å²) in [5.74, 6) is -1.58. The van der Waals surface area contributed by atoms with Gasteiger partial charge in [-0.05, 0) is 48.7 Å². The Labute approximate surface area is 198 Å². The van der Waals surface area contributed by atoms with Crippen LogP contribution in [0.2, 0.25) is 0 Å². The third kappa shape index (κ3) is 7.30. The summed E-state index contributed by atoms with van der Waals surface area (Å²) in [6.07, 6.45) is 1.35. The van der Waals surface area contributed by atoms with Gasteiger partial charge in [0.05, 0.1) is 6.21 Å². The Morgan fingerprint density at radius 3 is 2.44 bits per heavy atom. The van der Waals surface area contributed by atoms with Crippen molar-refractivity contribution in [2.45, 2.75) is 20.4 Å². The second kappa shape index (κ2) is 12.0. The van der Waals surface area contributed by atoms with Gasteiger partial charge in [-0.15, -0.1) is 0 Å². The Hall–Kier alpha value is -4.46. The van der Waals surface area contributed by atoms with E-state index in [1.807, 2.05) is 62.4 Å². The van der Waals surface area contributed by atoms with E-state index in [4.69, 9.17) is 4.74 Å². The van der Waals surface area contributed by atoms with Crippen LogP contribution in [0.25, 0.3) is 0 Å². The van der Waals surface area contributed by atoms with Gasteiger partial charge in [0.25, 0.3) is 5.91 Å². The second-order valence-electron chi connectivity index (χ2n) is 7.56. The van der Waals surface area contributed by atoms with Gasteiger partial charge in [0.1, 0.15) is 5.75 Å². The van der Waals surface area contributed by atoms with E-state index in [-0.39, 0.29) is 19.1 Å². The van der Waals surface area contributed by atoms with Crippen molar-refractivity contribution in [2.75, 3.05) is 11.9 Å². The zero-order chi connectivity index (χ0) is 24.3. The number of ether oxygens (including phenoxy) is 1. The van der Waals surface area contributed by atoms with Gasteiger partial charge in [0, 0.05) is 17.8 Å². The van der Waals surface area contributed by atoms with E-state index in [0.29, 0.717) is 11.3 Å². The van der Waals surface area contributed by atoms with Gasteiger partial charge in [0.2, 0.25) is 0 Å². The number of carbonyl (C=O) groups is 3. The molecule has 0 fully saturated rings. The molecule has 0 aliphatic rings. The van der Waals surface area contributed by atoms with Crippen LogP contribution in [0.5, 0.6) is 5.75 Å². The number of amides is 3. The summed E-state index contributed by atoms with van der Waals surface area (Å²) >= 11 is 0.